The predicted molar refractivity (Wildman–Crippen MR) is 38.3 cm³/mol. The van der Waals surface area contributed by atoms with Crippen LogP contribution in [0.3, 0.4) is 0 Å². The van der Waals surface area contributed by atoms with E-state index in [1.54, 1.807) is 11.3 Å². The lowest BCUT2D eigenvalue weighted by molar-refractivity contribution is 1.83. The predicted octanol–water partition coefficient (Wildman–Crippen LogP) is 2.30. The first-order chi connectivity index (χ1) is 4.47. The van der Waals surface area contributed by atoms with Gasteiger partial charge in [0.05, 0.1) is 5.38 Å². The zero-order valence-electron chi connectivity index (χ0n) is 4.64. The van der Waals surface area contributed by atoms with Gasteiger partial charge in [-0.05, 0) is 12.1 Å². The minimum absolute atomic E-state index is 1.04. The smallest absolute Gasteiger partial charge is 0.0541 e. The third kappa shape index (κ3) is 0.736. The lowest BCUT2D eigenvalue weighted by Crippen LogP contribution is -1.57. The van der Waals surface area contributed by atoms with Gasteiger partial charge in [0.15, 0.2) is 0 Å². The van der Waals surface area contributed by atoms with Crippen LogP contribution in [0, 0.1) is 17.5 Å². The third-order valence-electron chi connectivity index (χ3n) is 1.15. The highest BCUT2D eigenvalue weighted by Gasteiger charge is 1.89. The normalized spacial score (nSPS) is 10.2. The quantitative estimate of drug-likeness (QED) is 0.514. The summed E-state index contributed by atoms with van der Waals surface area (Å²) in [6, 6.07) is 11.9. The molecule has 1 heterocycles. The van der Waals surface area contributed by atoms with Crippen molar-refractivity contribution in [3.8, 4) is 0 Å². The molecule has 0 aliphatic rings. The minimum atomic E-state index is 1.04. The first kappa shape index (κ1) is 5.00. The Labute approximate surface area is 57.8 Å². The molecule has 0 aliphatic heterocycles. The van der Waals surface area contributed by atoms with Gasteiger partial charge < -0.3 is 0 Å². The summed E-state index contributed by atoms with van der Waals surface area (Å²) >= 11 is 1.58. The summed E-state index contributed by atoms with van der Waals surface area (Å²) in [5, 5.41) is 3.97. The molecule has 0 spiro atoms. The van der Waals surface area contributed by atoms with E-state index >= 15 is 0 Å². The minimum Gasteiger partial charge on any atom is -0.134 e. The first-order valence-corrected chi connectivity index (χ1v) is 3.47. The van der Waals surface area contributed by atoms with E-state index in [1.165, 1.54) is 4.70 Å². The van der Waals surface area contributed by atoms with Crippen molar-refractivity contribution in [2.45, 2.75) is 0 Å². The van der Waals surface area contributed by atoms with E-state index in [1.807, 2.05) is 18.2 Å². The molecule has 3 radical (unpaired) electrons. The number of rotatable bonds is 0. The van der Waals surface area contributed by atoms with E-state index in [9.17, 15) is 0 Å². The maximum Gasteiger partial charge on any atom is 0.0541 e. The zero-order chi connectivity index (χ0) is 6.10. The highest BCUT2D eigenvalue weighted by Crippen LogP contribution is 2.17. The van der Waals surface area contributed by atoms with Crippen LogP contribution in [0.25, 0.3) is 10.1 Å². The molecule has 0 bridgehead atoms. The van der Waals surface area contributed by atoms with Crippen LogP contribution in [-0.4, -0.2) is 0 Å². The summed E-state index contributed by atoms with van der Waals surface area (Å²) in [7, 11) is 0. The molecule has 0 saturated heterocycles. The van der Waals surface area contributed by atoms with Crippen LogP contribution < -0.4 is 0 Å². The summed E-state index contributed by atoms with van der Waals surface area (Å²) < 4.78 is 1.21. The van der Waals surface area contributed by atoms with E-state index in [-0.39, 0.29) is 0 Å². The molecule has 41 valence electrons. The van der Waals surface area contributed by atoms with Crippen LogP contribution in [0.15, 0.2) is 18.2 Å². The molecule has 0 fully saturated rings. The number of hydrogen-bond acceptors (Lipinski definition) is 1. The van der Waals surface area contributed by atoms with Gasteiger partial charge in [-0.2, -0.15) is 0 Å². The van der Waals surface area contributed by atoms with Crippen molar-refractivity contribution >= 4 is 21.4 Å². The van der Waals surface area contributed by atoms with Crippen LogP contribution in [0.4, 0.5) is 0 Å². The fourth-order valence-corrected chi connectivity index (χ4v) is 1.36. The van der Waals surface area contributed by atoms with E-state index in [2.05, 4.69) is 17.5 Å². The number of fused-ring (bicyclic) bond motifs is 1. The SMILES string of the molecule is [c]1[c]c2[c]cccc2s1. The number of benzene rings is 1. The second-order valence-corrected chi connectivity index (χ2v) is 2.59. The highest BCUT2D eigenvalue weighted by molar-refractivity contribution is 7.16. The molecule has 1 aromatic heterocycles. The summed E-state index contributed by atoms with van der Waals surface area (Å²) in [5.74, 6) is 0. The summed E-state index contributed by atoms with van der Waals surface area (Å²) in [6.45, 7) is 0. The van der Waals surface area contributed by atoms with E-state index < -0.39 is 0 Å². The van der Waals surface area contributed by atoms with Gasteiger partial charge >= 0.3 is 0 Å². The van der Waals surface area contributed by atoms with Gasteiger partial charge in [0.2, 0.25) is 0 Å². The van der Waals surface area contributed by atoms with Crippen molar-refractivity contribution in [3.63, 3.8) is 0 Å². The molecule has 1 heteroatoms. The van der Waals surface area contributed by atoms with Gasteiger partial charge in [0.25, 0.3) is 0 Å². The van der Waals surface area contributed by atoms with Crippen molar-refractivity contribution in [1.82, 2.24) is 0 Å². The first-order valence-electron chi connectivity index (χ1n) is 2.65. The third-order valence-corrected chi connectivity index (χ3v) is 1.92. The Morgan fingerprint density at radius 2 is 2.44 bits per heavy atom. The lowest BCUT2D eigenvalue weighted by Gasteiger charge is -1.80. The van der Waals surface area contributed by atoms with Gasteiger partial charge in [-0.3, -0.25) is 0 Å². The molecule has 0 unspecified atom stereocenters. The van der Waals surface area contributed by atoms with Crippen LogP contribution in [0.5, 0.6) is 0 Å². The van der Waals surface area contributed by atoms with Crippen LogP contribution in [0.2, 0.25) is 0 Å². The van der Waals surface area contributed by atoms with Crippen molar-refractivity contribution in [1.29, 1.82) is 0 Å². The molecule has 2 aromatic rings. The highest BCUT2D eigenvalue weighted by atomic mass is 32.1. The van der Waals surface area contributed by atoms with Crippen molar-refractivity contribution < 1.29 is 0 Å². The molecule has 0 aliphatic carbocycles. The van der Waals surface area contributed by atoms with Gasteiger partial charge in [-0.25, -0.2) is 0 Å². The van der Waals surface area contributed by atoms with Gasteiger partial charge in [-0.15, -0.1) is 11.3 Å². The van der Waals surface area contributed by atoms with E-state index in [0.29, 0.717) is 0 Å². The summed E-state index contributed by atoms with van der Waals surface area (Å²) in [5.41, 5.74) is 0. The van der Waals surface area contributed by atoms with Gasteiger partial charge in [0, 0.05) is 16.2 Å². The van der Waals surface area contributed by atoms with Crippen molar-refractivity contribution in [2.75, 3.05) is 0 Å². The lowest BCUT2D eigenvalue weighted by atomic mass is 10.3. The monoisotopic (exact) mass is 131 g/mol. The largest absolute Gasteiger partial charge is 0.134 e. The second-order valence-electron chi connectivity index (χ2n) is 1.74. The van der Waals surface area contributed by atoms with E-state index in [4.69, 9.17) is 0 Å². The Morgan fingerprint density at radius 3 is 3.33 bits per heavy atom. The molecule has 9 heavy (non-hydrogen) atoms. The van der Waals surface area contributed by atoms with Gasteiger partial charge in [-0.1, -0.05) is 12.1 Å². The molecule has 2 rings (SSSR count). The van der Waals surface area contributed by atoms with Crippen molar-refractivity contribution in [3.05, 3.63) is 35.7 Å². The number of thiophene rings is 1. The van der Waals surface area contributed by atoms with E-state index in [0.717, 1.165) is 5.39 Å². The molecule has 0 saturated carbocycles. The van der Waals surface area contributed by atoms with Crippen LogP contribution in [0.1, 0.15) is 0 Å². The molecular weight excluding hydrogens is 128 g/mol. The zero-order valence-corrected chi connectivity index (χ0v) is 5.46. The molecule has 1 aromatic carbocycles. The van der Waals surface area contributed by atoms with Gasteiger partial charge in [0.1, 0.15) is 0 Å². The second kappa shape index (κ2) is 1.85. The number of hydrogen-bond donors (Lipinski definition) is 0. The summed E-state index contributed by atoms with van der Waals surface area (Å²) in [4.78, 5) is 0. The molecular formula is C8H3S. The summed E-state index contributed by atoms with van der Waals surface area (Å²) in [6.07, 6.45) is 0. The molecule has 0 nitrogen and oxygen atoms in total. The average Bonchev–Trinajstić information content (AvgIpc) is 2.33. The fraction of sp³-hybridized carbons (Fsp3) is 0. The average molecular weight is 131 g/mol. The Bertz CT molecular complexity index is 279. The Kier molecular flexibility index (Phi) is 1.03. The topological polar surface area (TPSA) is 0 Å². The Hall–Kier alpha value is -0.820. The maximum atomic E-state index is 3.05. The fourth-order valence-electron chi connectivity index (χ4n) is 0.736. The Morgan fingerprint density at radius 1 is 1.44 bits per heavy atom. The van der Waals surface area contributed by atoms with Crippen molar-refractivity contribution in [2.24, 2.45) is 0 Å². The van der Waals surface area contributed by atoms with Crippen LogP contribution in [-0.2, 0) is 0 Å². The standard InChI is InChI=1S/C8H3S/c1-2-4-8-7(3-1)5-6-9-8/h1-2,4H. The maximum absolute atomic E-state index is 3.05. The molecule has 0 amide bonds. The molecule has 0 N–H and O–H groups in total. The molecule has 0 atom stereocenters. The van der Waals surface area contributed by atoms with Crippen LogP contribution >= 0.6 is 11.3 Å². The Balaban J connectivity index is 2.95.